The zero-order chi connectivity index (χ0) is 17.1. The molecule has 5 heteroatoms. The molecule has 0 aliphatic heterocycles. The average Bonchev–Trinajstić information content (AvgIpc) is 3.18. The smallest absolute Gasteiger partial charge is 0.265 e. The standard InChI is InChI=1S/C19H22N2O2S/c1-3-21(4-2)19(23)13-8-10-15(11-9-13)20-18(22)17-12-14-6-5-7-16(14)24-17/h8-12H,3-7H2,1-2H3,(H,20,22). The molecule has 0 saturated carbocycles. The van der Waals surface area contributed by atoms with Gasteiger partial charge in [0.25, 0.3) is 11.8 Å². The van der Waals surface area contributed by atoms with Crippen molar-refractivity contribution in [2.45, 2.75) is 33.1 Å². The lowest BCUT2D eigenvalue weighted by molar-refractivity contribution is 0.0773. The number of fused-ring (bicyclic) bond motifs is 1. The Kier molecular flexibility index (Phi) is 5.00. The van der Waals surface area contributed by atoms with E-state index in [2.05, 4.69) is 5.32 Å². The van der Waals surface area contributed by atoms with Crippen LogP contribution in [0.4, 0.5) is 5.69 Å². The van der Waals surface area contributed by atoms with E-state index in [1.54, 1.807) is 40.5 Å². The van der Waals surface area contributed by atoms with Gasteiger partial charge in [0.2, 0.25) is 0 Å². The third-order valence-corrected chi connectivity index (χ3v) is 5.65. The molecule has 2 aromatic rings. The first kappa shape index (κ1) is 16.7. The lowest BCUT2D eigenvalue weighted by Gasteiger charge is -2.18. The summed E-state index contributed by atoms with van der Waals surface area (Å²) < 4.78 is 0. The van der Waals surface area contributed by atoms with Gasteiger partial charge in [-0.05, 0) is 69.0 Å². The maximum absolute atomic E-state index is 12.4. The number of benzene rings is 1. The summed E-state index contributed by atoms with van der Waals surface area (Å²) in [6.07, 6.45) is 3.38. The summed E-state index contributed by atoms with van der Waals surface area (Å²) in [5, 5.41) is 2.92. The summed E-state index contributed by atoms with van der Waals surface area (Å²) in [7, 11) is 0. The lowest BCUT2D eigenvalue weighted by atomic mass is 10.1. The molecule has 1 N–H and O–H groups in total. The van der Waals surface area contributed by atoms with Crippen molar-refractivity contribution >= 4 is 28.8 Å². The number of nitrogens with zero attached hydrogens (tertiary/aromatic N) is 1. The average molecular weight is 342 g/mol. The van der Waals surface area contributed by atoms with Gasteiger partial charge in [-0.25, -0.2) is 0 Å². The van der Waals surface area contributed by atoms with Gasteiger partial charge in [-0.1, -0.05) is 0 Å². The summed E-state index contributed by atoms with van der Waals surface area (Å²) >= 11 is 1.59. The Bertz CT molecular complexity index is 724. The molecule has 4 nitrogen and oxygen atoms in total. The first-order valence-electron chi connectivity index (χ1n) is 8.44. The van der Waals surface area contributed by atoms with Gasteiger partial charge < -0.3 is 10.2 Å². The molecule has 0 radical (unpaired) electrons. The second kappa shape index (κ2) is 7.18. The van der Waals surface area contributed by atoms with Crippen LogP contribution in [0.2, 0.25) is 0 Å². The Morgan fingerprint density at radius 3 is 2.46 bits per heavy atom. The fraction of sp³-hybridized carbons (Fsp3) is 0.368. The molecule has 0 unspecified atom stereocenters. The van der Waals surface area contributed by atoms with Crippen molar-refractivity contribution in [3.05, 3.63) is 51.2 Å². The van der Waals surface area contributed by atoms with E-state index in [1.165, 1.54) is 16.9 Å². The minimum absolute atomic E-state index is 0.0209. The first-order valence-corrected chi connectivity index (χ1v) is 9.26. The highest BCUT2D eigenvalue weighted by Crippen LogP contribution is 2.31. The first-order chi connectivity index (χ1) is 11.6. The Balaban J connectivity index is 1.67. The second-order valence-electron chi connectivity index (χ2n) is 5.92. The van der Waals surface area contributed by atoms with E-state index in [-0.39, 0.29) is 11.8 Å². The van der Waals surface area contributed by atoms with Crippen LogP contribution in [0.15, 0.2) is 30.3 Å². The molecule has 126 valence electrons. The molecule has 1 aliphatic carbocycles. The predicted octanol–water partition coefficient (Wildman–Crippen LogP) is 3.97. The minimum Gasteiger partial charge on any atom is -0.339 e. The van der Waals surface area contributed by atoms with Gasteiger partial charge in [-0.15, -0.1) is 11.3 Å². The monoisotopic (exact) mass is 342 g/mol. The Morgan fingerprint density at radius 1 is 1.12 bits per heavy atom. The second-order valence-corrected chi connectivity index (χ2v) is 7.06. The number of hydrogen-bond donors (Lipinski definition) is 1. The van der Waals surface area contributed by atoms with E-state index in [0.29, 0.717) is 24.3 Å². The van der Waals surface area contributed by atoms with E-state index < -0.39 is 0 Å². The molecule has 0 fully saturated rings. The van der Waals surface area contributed by atoms with E-state index in [4.69, 9.17) is 0 Å². The van der Waals surface area contributed by atoms with Crippen LogP contribution in [0.5, 0.6) is 0 Å². The van der Waals surface area contributed by atoms with Crippen molar-refractivity contribution in [3.63, 3.8) is 0 Å². The number of carbonyl (C=O) groups excluding carboxylic acids is 2. The fourth-order valence-corrected chi connectivity index (χ4v) is 4.17. The van der Waals surface area contributed by atoms with Crippen molar-refractivity contribution in [1.29, 1.82) is 0 Å². The maximum atomic E-state index is 12.4. The molecule has 3 rings (SSSR count). The largest absolute Gasteiger partial charge is 0.339 e. The van der Waals surface area contributed by atoms with Gasteiger partial charge in [-0.3, -0.25) is 9.59 Å². The molecule has 2 amide bonds. The molecule has 0 saturated heterocycles. The fourth-order valence-electron chi connectivity index (χ4n) is 3.02. The van der Waals surface area contributed by atoms with Gasteiger partial charge in [0, 0.05) is 29.2 Å². The predicted molar refractivity (Wildman–Crippen MR) is 98.0 cm³/mol. The molecule has 1 aromatic carbocycles. The normalized spacial score (nSPS) is 12.8. The summed E-state index contributed by atoms with van der Waals surface area (Å²) in [5.41, 5.74) is 2.68. The number of thiophene rings is 1. The highest BCUT2D eigenvalue weighted by atomic mass is 32.1. The molecular formula is C19H22N2O2S. The van der Waals surface area contributed by atoms with E-state index in [1.807, 2.05) is 19.9 Å². The van der Waals surface area contributed by atoms with Crippen molar-refractivity contribution < 1.29 is 9.59 Å². The summed E-state index contributed by atoms with van der Waals surface area (Å²) in [6.45, 7) is 5.32. The summed E-state index contributed by atoms with van der Waals surface area (Å²) in [5.74, 6) is -0.0511. The van der Waals surface area contributed by atoms with Crippen molar-refractivity contribution in [1.82, 2.24) is 4.90 Å². The minimum atomic E-state index is -0.0720. The number of nitrogens with one attached hydrogen (secondary N) is 1. The zero-order valence-corrected chi connectivity index (χ0v) is 14.9. The van der Waals surface area contributed by atoms with Crippen LogP contribution in [0.25, 0.3) is 0 Å². The number of carbonyl (C=O) groups is 2. The number of rotatable bonds is 5. The van der Waals surface area contributed by atoms with Crippen LogP contribution in [0.1, 0.15) is 50.7 Å². The lowest BCUT2D eigenvalue weighted by Crippen LogP contribution is -2.30. The Morgan fingerprint density at radius 2 is 1.83 bits per heavy atom. The highest BCUT2D eigenvalue weighted by Gasteiger charge is 2.18. The van der Waals surface area contributed by atoms with E-state index >= 15 is 0 Å². The number of anilines is 1. The van der Waals surface area contributed by atoms with Crippen LogP contribution in [0, 0.1) is 0 Å². The molecule has 0 bridgehead atoms. The van der Waals surface area contributed by atoms with Crippen molar-refractivity contribution in [2.24, 2.45) is 0 Å². The van der Waals surface area contributed by atoms with Crippen LogP contribution < -0.4 is 5.32 Å². The Hall–Kier alpha value is -2.14. The number of hydrogen-bond acceptors (Lipinski definition) is 3. The van der Waals surface area contributed by atoms with Gasteiger partial charge in [0.15, 0.2) is 0 Å². The Labute approximate surface area is 146 Å². The third-order valence-electron chi connectivity index (χ3n) is 4.41. The molecule has 1 heterocycles. The molecule has 1 aliphatic rings. The van der Waals surface area contributed by atoms with Gasteiger partial charge >= 0.3 is 0 Å². The van der Waals surface area contributed by atoms with Crippen LogP contribution >= 0.6 is 11.3 Å². The topological polar surface area (TPSA) is 49.4 Å². The maximum Gasteiger partial charge on any atom is 0.265 e. The van der Waals surface area contributed by atoms with E-state index in [0.717, 1.165) is 17.7 Å². The van der Waals surface area contributed by atoms with Crippen LogP contribution in [0.3, 0.4) is 0 Å². The SMILES string of the molecule is CCN(CC)C(=O)c1ccc(NC(=O)c2cc3c(s2)CCC3)cc1. The number of amides is 2. The van der Waals surface area contributed by atoms with Gasteiger partial charge in [0.05, 0.1) is 4.88 Å². The van der Waals surface area contributed by atoms with Crippen LogP contribution in [-0.4, -0.2) is 29.8 Å². The van der Waals surface area contributed by atoms with Crippen molar-refractivity contribution in [2.75, 3.05) is 18.4 Å². The molecule has 1 aromatic heterocycles. The zero-order valence-electron chi connectivity index (χ0n) is 14.1. The van der Waals surface area contributed by atoms with Gasteiger partial charge in [0.1, 0.15) is 0 Å². The summed E-state index contributed by atoms with van der Waals surface area (Å²) in [6, 6.07) is 9.13. The molecule has 24 heavy (non-hydrogen) atoms. The molecule has 0 atom stereocenters. The van der Waals surface area contributed by atoms with Crippen molar-refractivity contribution in [3.8, 4) is 0 Å². The van der Waals surface area contributed by atoms with E-state index in [9.17, 15) is 9.59 Å². The molecule has 0 spiro atoms. The van der Waals surface area contributed by atoms with Gasteiger partial charge in [-0.2, -0.15) is 0 Å². The number of aryl methyl sites for hydroxylation is 2. The van der Waals surface area contributed by atoms with Crippen LogP contribution in [-0.2, 0) is 12.8 Å². The third kappa shape index (κ3) is 3.36. The quantitative estimate of drug-likeness (QED) is 0.894. The summed E-state index contributed by atoms with van der Waals surface area (Å²) in [4.78, 5) is 28.5. The highest BCUT2D eigenvalue weighted by molar-refractivity contribution is 7.14. The molecular weight excluding hydrogens is 320 g/mol.